The van der Waals surface area contributed by atoms with Crippen LogP contribution >= 0.6 is 0 Å². The number of carbonyl (C=O) groups excluding carboxylic acids is 1. The quantitative estimate of drug-likeness (QED) is 0.548. The number of ether oxygens (including phenoxy) is 2. The number of rotatable bonds is 7. The third-order valence-electron chi connectivity index (χ3n) is 2.51. The number of hydrogen-bond donors (Lipinski definition) is 0. The first kappa shape index (κ1) is 14.3. The van der Waals surface area contributed by atoms with Gasteiger partial charge in [0.05, 0.1) is 13.7 Å². The second kappa shape index (κ2) is 7.54. The summed E-state index contributed by atoms with van der Waals surface area (Å²) in [5.74, 6) is 2.04. The first-order valence-corrected chi connectivity index (χ1v) is 6.10. The Morgan fingerprint density at radius 3 is 2.67 bits per heavy atom. The minimum atomic E-state index is 0.616. The molecule has 1 aromatic carbocycles. The Kier molecular flexibility index (Phi) is 5.98. The first-order chi connectivity index (χ1) is 8.67. The average molecular weight is 248 g/mol. The molecule has 18 heavy (non-hydrogen) atoms. The van der Waals surface area contributed by atoms with Crippen LogP contribution in [0.25, 0.3) is 6.08 Å². The lowest BCUT2D eigenvalue weighted by Gasteiger charge is -2.12. The minimum Gasteiger partial charge on any atom is -0.493 e. The van der Waals surface area contributed by atoms with Crippen LogP contribution in [0.4, 0.5) is 0 Å². The highest BCUT2D eigenvalue weighted by molar-refractivity contribution is 5.74. The van der Waals surface area contributed by atoms with Gasteiger partial charge in [0.25, 0.3) is 0 Å². The maximum atomic E-state index is 10.3. The molecule has 1 aromatic rings. The summed E-state index contributed by atoms with van der Waals surface area (Å²) in [6, 6.07) is 5.61. The van der Waals surface area contributed by atoms with E-state index >= 15 is 0 Å². The van der Waals surface area contributed by atoms with Gasteiger partial charge in [-0.25, -0.2) is 0 Å². The summed E-state index contributed by atoms with van der Waals surface area (Å²) < 4.78 is 11.0. The van der Waals surface area contributed by atoms with Crippen LogP contribution in [0, 0.1) is 5.92 Å². The fraction of sp³-hybridized carbons (Fsp3) is 0.400. The van der Waals surface area contributed by atoms with E-state index in [4.69, 9.17) is 9.47 Å². The van der Waals surface area contributed by atoms with E-state index in [0.29, 0.717) is 18.3 Å². The predicted molar refractivity (Wildman–Crippen MR) is 73.0 cm³/mol. The van der Waals surface area contributed by atoms with Crippen molar-refractivity contribution in [2.45, 2.75) is 20.3 Å². The first-order valence-electron chi connectivity index (χ1n) is 6.10. The van der Waals surface area contributed by atoms with Crippen LogP contribution in [-0.2, 0) is 4.79 Å². The minimum absolute atomic E-state index is 0.616. The number of methoxy groups -OCH3 is 1. The highest BCUT2D eigenvalue weighted by Crippen LogP contribution is 2.28. The Labute approximate surface area is 108 Å². The monoisotopic (exact) mass is 248 g/mol. The van der Waals surface area contributed by atoms with E-state index < -0.39 is 0 Å². The third kappa shape index (κ3) is 4.62. The summed E-state index contributed by atoms with van der Waals surface area (Å²) >= 11 is 0. The van der Waals surface area contributed by atoms with Gasteiger partial charge in [-0.2, -0.15) is 0 Å². The molecule has 0 aliphatic carbocycles. The Hall–Kier alpha value is -1.77. The molecule has 0 heterocycles. The molecule has 0 saturated carbocycles. The van der Waals surface area contributed by atoms with Crippen molar-refractivity contribution >= 4 is 12.4 Å². The van der Waals surface area contributed by atoms with Gasteiger partial charge >= 0.3 is 0 Å². The maximum Gasteiger partial charge on any atom is 0.161 e. The van der Waals surface area contributed by atoms with E-state index in [9.17, 15) is 4.79 Å². The SMILES string of the molecule is COc1cc(/C=C/C=O)ccc1OCCC(C)C. The van der Waals surface area contributed by atoms with Crippen molar-refractivity contribution in [3.8, 4) is 11.5 Å². The van der Waals surface area contributed by atoms with Crippen molar-refractivity contribution in [3.05, 3.63) is 29.8 Å². The van der Waals surface area contributed by atoms with Gasteiger partial charge in [-0.05, 0) is 36.1 Å². The van der Waals surface area contributed by atoms with Crippen molar-refractivity contribution in [1.82, 2.24) is 0 Å². The molecule has 0 radical (unpaired) electrons. The fourth-order valence-corrected chi connectivity index (χ4v) is 1.46. The van der Waals surface area contributed by atoms with Gasteiger partial charge < -0.3 is 9.47 Å². The standard InChI is InChI=1S/C15H20O3/c1-12(2)8-10-18-14-7-6-13(5-4-9-16)11-15(14)17-3/h4-7,9,11-12H,8,10H2,1-3H3/b5-4+. The molecule has 1 rings (SSSR count). The number of allylic oxidation sites excluding steroid dienone is 1. The van der Waals surface area contributed by atoms with Crippen LogP contribution in [0.1, 0.15) is 25.8 Å². The van der Waals surface area contributed by atoms with E-state index in [-0.39, 0.29) is 0 Å². The maximum absolute atomic E-state index is 10.3. The van der Waals surface area contributed by atoms with Crippen molar-refractivity contribution in [2.24, 2.45) is 5.92 Å². The van der Waals surface area contributed by atoms with Gasteiger partial charge in [0.2, 0.25) is 0 Å². The van der Waals surface area contributed by atoms with Crippen molar-refractivity contribution in [1.29, 1.82) is 0 Å². The molecule has 0 amide bonds. The Morgan fingerprint density at radius 1 is 1.28 bits per heavy atom. The van der Waals surface area contributed by atoms with E-state index in [1.807, 2.05) is 18.2 Å². The van der Waals surface area contributed by atoms with Gasteiger partial charge in [-0.15, -0.1) is 0 Å². The summed E-state index contributed by atoms with van der Waals surface area (Å²) in [5.41, 5.74) is 0.912. The van der Waals surface area contributed by atoms with Crippen LogP contribution in [0.2, 0.25) is 0 Å². The molecule has 0 aliphatic heterocycles. The molecule has 0 aliphatic rings. The van der Waals surface area contributed by atoms with Gasteiger partial charge in [-0.3, -0.25) is 4.79 Å². The molecule has 0 bridgehead atoms. The second-order valence-corrected chi connectivity index (χ2v) is 4.44. The third-order valence-corrected chi connectivity index (χ3v) is 2.51. The highest BCUT2D eigenvalue weighted by atomic mass is 16.5. The summed E-state index contributed by atoms with van der Waals surface area (Å²) in [7, 11) is 1.61. The van der Waals surface area contributed by atoms with E-state index in [1.54, 1.807) is 13.2 Å². The summed E-state index contributed by atoms with van der Waals surface area (Å²) in [6.07, 6.45) is 4.94. The zero-order valence-electron chi connectivity index (χ0n) is 11.2. The van der Waals surface area contributed by atoms with Crippen LogP contribution < -0.4 is 9.47 Å². The lowest BCUT2D eigenvalue weighted by Crippen LogP contribution is -2.02. The van der Waals surface area contributed by atoms with Crippen LogP contribution in [0.15, 0.2) is 24.3 Å². The molecule has 98 valence electrons. The van der Waals surface area contributed by atoms with Crippen molar-refractivity contribution in [3.63, 3.8) is 0 Å². The topological polar surface area (TPSA) is 35.5 Å². The number of hydrogen-bond acceptors (Lipinski definition) is 3. The summed E-state index contributed by atoms with van der Waals surface area (Å²) in [6.45, 7) is 5.00. The number of aldehydes is 1. The van der Waals surface area contributed by atoms with Crippen molar-refractivity contribution in [2.75, 3.05) is 13.7 Å². The highest BCUT2D eigenvalue weighted by Gasteiger charge is 2.05. The summed E-state index contributed by atoms with van der Waals surface area (Å²) in [4.78, 5) is 10.3. The lowest BCUT2D eigenvalue weighted by molar-refractivity contribution is -0.104. The smallest absolute Gasteiger partial charge is 0.161 e. The van der Waals surface area contributed by atoms with Crippen LogP contribution in [-0.4, -0.2) is 20.0 Å². The Morgan fingerprint density at radius 2 is 2.06 bits per heavy atom. The number of carbonyl (C=O) groups is 1. The van der Waals surface area contributed by atoms with Crippen LogP contribution in [0.3, 0.4) is 0 Å². The largest absolute Gasteiger partial charge is 0.493 e. The molecule has 3 nitrogen and oxygen atoms in total. The molecule has 0 saturated heterocycles. The van der Waals surface area contributed by atoms with Crippen LogP contribution in [0.5, 0.6) is 11.5 Å². The zero-order chi connectivity index (χ0) is 13.4. The van der Waals surface area contributed by atoms with Gasteiger partial charge in [-0.1, -0.05) is 26.0 Å². The second-order valence-electron chi connectivity index (χ2n) is 4.44. The van der Waals surface area contributed by atoms with E-state index in [1.165, 1.54) is 6.08 Å². The average Bonchev–Trinajstić information content (AvgIpc) is 2.36. The molecule has 0 N–H and O–H groups in total. The molecule has 0 spiro atoms. The molecule has 0 atom stereocenters. The molecular formula is C15H20O3. The Balaban J connectivity index is 2.73. The molecule has 0 unspecified atom stereocenters. The van der Waals surface area contributed by atoms with Gasteiger partial charge in [0.1, 0.15) is 6.29 Å². The fourth-order valence-electron chi connectivity index (χ4n) is 1.46. The van der Waals surface area contributed by atoms with E-state index in [0.717, 1.165) is 24.0 Å². The van der Waals surface area contributed by atoms with Gasteiger partial charge in [0.15, 0.2) is 11.5 Å². The molecule has 0 aromatic heterocycles. The molecule has 0 fully saturated rings. The Bertz CT molecular complexity index is 408. The number of benzene rings is 1. The van der Waals surface area contributed by atoms with Crippen molar-refractivity contribution < 1.29 is 14.3 Å². The zero-order valence-corrected chi connectivity index (χ0v) is 11.2. The van der Waals surface area contributed by atoms with E-state index in [2.05, 4.69) is 13.8 Å². The van der Waals surface area contributed by atoms with Gasteiger partial charge in [0, 0.05) is 0 Å². The predicted octanol–water partition coefficient (Wildman–Crippen LogP) is 3.33. The lowest BCUT2D eigenvalue weighted by atomic mass is 10.1. The summed E-state index contributed by atoms with van der Waals surface area (Å²) in [5, 5.41) is 0. The molecular weight excluding hydrogens is 228 g/mol. The normalized spacial score (nSPS) is 10.9. The molecule has 3 heteroatoms.